The highest BCUT2D eigenvalue weighted by Gasteiger charge is 2.20. The monoisotopic (exact) mass is 310 g/mol. The lowest BCUT2D eigenvalue weighted by atomic mass is 10.1. The highest BCUT2D eigenvalue weighted by atomic mass is 32.2. The van der Waals surface area contributed by atoms with Crippen molar-refractivity contribution in [3.8, 4) is 0 Å². The molecule has 3 rings (SSSR count). The van der Waals surface area contributed by atoms with Crippen LogP contribution in [0.15, 0.2) is 16.1 Å². The predicted molar refractivity (Wildman–Crippen MR) is 80.5 cm³/mol. The molecule has 0 spiro atoms. The molecular formula is C12H14N4O2S2. The summed E-state index contributed by atoms with van der Waals surface area (Å²) in [4.78, 5) is 29.6. The van der Waals surface area contributed by atoms with Crippen LogP contribution in [0.4, 0.5) is 0 Å². The summed E-state index contributed by atoms with van der Waals surface area (Å²) in [5.74, 6) is 2.51. The van der Waals surface area contributed by atoms with Crippen molar-refractivity contribution >= 4 is 40.8 Å². The largest absolute Gasteiger partial charge is 0.302 e. The molecule has 0 saturated carbocycles. The summed E-state index contributed by atoms with van der Waals surface area (Å²) in [5.41, 5.74) is 0.430. The third-order valence-corrected chi connectivity index (χ3v) is 5.08. The van der Waals surface area contributed by atoms with E-state index in [1.54, 1.807) is 6.20 Å². The number of rotatable bonds is 4. The number of aromatic nitrogens is 4. The van der Waals surface area contributed by atoms with Crippen molar-refractivity contribution in [3.05, 3.63) is 16.6 Å². The summed E-state index contributed by atoms with van der Waals surface area (Å²) in [6, 6.07) is 0.312. The third kappa shape index (κ3) is 2.62. The molecule has 0 unspecified atom stereocenters. The first-order chi connectivity index (χ1) is 9.79. The number of hydrogen-bond donors (Lipinski definition) is 1. The number of carbonyl (C=O) groups excluding carboxylic acids is 1. The van der Waals surface area contributed by atoms with Crippen LogP contribution in [0.1, 0.15) is 18.9 Å². The molecule has 0 amide bonds. The smallest absolute Gasteiger partial charge is 0.262 e. The fourth-order valence-corrected chi connectivity index (χ4v) is 3.92. The standard InChI is InChI=1S/C12H14N4O2S2/c17-3-6-20-12-14-10-9(11(18)15-12)7-13-16(10)8-1-4-19-5-2-8/h3,7-8H,1-2,4-6H2,(H,14,15,18). The molecule has 106 valence electrons. The van der Waals surface area contributed by atoms with Crippen molar-refractivity contribution < 1.29 is 4.79 Å². The zero-order valence-electron chi connectivity index (χ0n) is 10.7. The Morgan fingerprint density at radius 3 is 3.05 bits per heavy atom. The van der Waals surface area contributed by atoms with E-state index in [0.717, 1.165) is 30.6 Å². The number of fused-ring (bicyclic) bond motifs is 1. The van der Waals surface area contributed by atoms with Crippen LogP contribution in [-0.2, 0) is 4.79 Å². The van der Waals surface area contributed by atoms with Gasteiger partial charge in [-0.1, -0.05) is 11.8 Å². The maximum atomic E-state index is 12.0. The average molecular weight is 310 g/mol. The molecule has 1 aliphatic rings. The van der Waals surface area contributed by atoms with Gasteiger partial charge in [-0.3, -0.25) is 4.79 Å². The third-order valence-electron chi connectivity index (χ3n) is 3.27. The van der Waals surface area contributed by atoms with Gasteiger partial charge in [0.1, 0.15) is 11.7 Å². The lowest BCUT2D eigenvalue weighted by Gasteiger charge is -2.21. The van der Waals surface area contributed by atoms with Crippen molar-refractivity contribution in [1.82, 2.24) is 19.7 Å². The topological polar surface area (TPSA) is 80.6 Å². The Morgan fingerprint density at radius 1 is 1.50 bits per heavy atom. The molecule has 2 aromatic rings. The van der Waals surface area contributed by atoms with Crippen LogP contribution in [0.25, 0.3) is 11.0 Å². The summed E-state index contributed by atoms with van der Waals surface area (Å²) < 4.78 is 1.87. The van der Waals surface area contributed by atoms with Crippen molar-refractivity contribution in [3.63, 3.8) is 0 Å². The van der Waals surface area contributed by atoms with E-state index in [2.05, 4.69) is 15.1 Å². The molecule has 8 heteroatoms. The minimum Gasteiger partial charge on any atom is -0.302 e. The summed E-state index contributed by atoms with van der Waals surface area (Å²) in [6.45, 7) is 0. The van der Waals surface area contributed by atoms with E-state index in [4.69, 9.17) is 0 Å². The van der Waals surface area contributed by atoms with E-state index in [-0.39, 0.29) is 11.3 Å². The van der Waals surface area contributed by atoms with Gasteiger partial charge in [0.2, 0.25) is 0 Å². The van der Waals surface area contributed by atoms with Gasteiger partial charge in [0.05, 0.1) is 18.0 Å². The molecule has 1 fully saturated rings. The Bertz CT molecular complexity index is 676. The van der Waals surface area contributed by atoms with Crippen LogP contribution >= 0.6 is 23.5 Å². The highest BCUT2D eigenvalue weighted by molar-refractivity contribution is 7.99. The second kappa shape index (κ2) is 6.01. The maximum Gasteiger partial charge on any atom is 0.262 e. The van der Waals surface area contributed by atoms with Crippen molar-refractivity contribution in [1.29, 1.82) is 0 Å². The number of aromatic amines is 1. The highest BCUT2D eigenvalue weighted by Crippen LogP contribution is 2.28. The maximum absolute atomic E-state index is 12.0. The Morgan fingerprint density at radius 2 is 2.30 bits per heavy atom. The van der Waals surface area contributed by atoms with Gasteiger partial charge in [0.25, 0.3) is 5.56 Å². The summed E-state index contributed by atoms with van der Waals surface area (Å²) in [6.07, 6.45) is 4.47. The number of nitrogens with one attached hydrogen (secondary N) is 1. The predicted octanol–water partition coefficient (Wildman–Crippen LogP) is 1.48. The zero-order chi connectivity index (χ0) is 13.9. The number of thioether (sulfide) groups is 2. The number of nitrogens with zero attached hydrogens (tertiary/aromatic N) is 3. The molecule has 6 nitrogen and oxygen atoms in total. The molecule has 20 heavy (non-hydrogen) atoms. The normalized spacial score (nSPS) is 16.6. The van der Waals surface area contributed by atoms with Gasteiger partial charge in [0.15, 0.2) is 10.8 Å². The minimum absolute atomic E-state index is 0.195. The first-order valence-corrected chi connectivity index (χ1v) is 8.55. The van der Waals surface area contributed by atoms with Crippen LogP contribution in [0, 0.1) is 0 Å². The zero-order valence-corrected chi connectivity index (χ0v) is 12.4. The quantitative estimate of drug-likeness (QED) is 0.523. The fraction of sp³-hybridized carbons (Fsp3) is 0.500. The summed E-state index contributed by atoms with van der Waals surface area (Å²) in [7, 11) is 0. The number of H-pyrrole nitrogens is 1. The second-order valence-electron chi connectivity index (χ2n) is 4.52. The Balaban J connectivity index is 2.02. The molecule has 2 aromatic heterocycles. The van der Waals surface area contributed by atoms with Gasteiger partial charge in [-0.05, 0) is 24.3 Å². The number of hydrogen-bond acceptors (Lipinski definition) is 6. The minimum atomic E-state index is -0.195. The molecular weight excluding hydrogens is 296 g/mol. The second-order valence-corrected chi connectivity index (χ2v) is 6.75. The summed E-state index contributed by atoms with van der Waals surface area (Å²) in [5, 5.41) is 5.33. The molecule has 0 aliphatic carbocycles. The van der Waals surface area contributed by atoms with Crippen molar-refractivity contribution in [2.24, 2.45) is 0 Å². The van der Waals surface area contributed by atoms with Gasteiger partial charge in [-0.25, -0.2) is 9.67 Å². The van der Waals surface area contributed by atoms with Crippen LogP contribution in [-0.4, -0.2) is 43.3 Å². The van der Waals surface area contributed by atoms with Crippen LogP contribution in [0.2, 0.25) is 0 Å². The van der Waals surface area contributed by atoms with E-state index in [1.807, 2.05) is 16.4 Å². The van der Waals surface area contributed by atoms with Crippen LogP contribution < -0.4 is 5.56 Å². The van der Waals surface area contributed by atoms with E-state index in [0.29, 0.717) is 22.2 Å². The Hall–Kier alpha value is -1.28. The van der Waals surface area contributed by atoms with Crippen LogP contribution in [0.5, 0.6) is 0 Å². The first-order valence-electron chi connectivity index (χ1n) is 6.41. The lowest BCUT2D eigenvalue weighted by molar-refractivity contribution is -0.105. The molecule has 0 bridgehead atoms. The molecule has 1 saturated heterocycles. The number of carbonyl (C=O) groups is 1. The molecule has 0 atom stereocenters. The SMILES string of the molecule is O=CCSc1nc2c(cnn2C2CCSCC2)c(=O)[nH]1. The average Bonchev–Trinajstić information content (AvgIpc) is 2.90. The van der Waals surface area contributed by atoms with Crippen LogP contribution in [0.3, 0.4) is 0 Å². The fourth-order valence-electron chi connectivity index (χ4n) is 2.29. The van der Waals surface area contributed by atoms with Crippen molar-refractivity contribution in [2.45, 2.75) is 24.0 Å². The molecule has 1 aliphatic heterocycles. The number of aldehydes is 1. The first kappa shape index (κ1) is 13.7. The van der Waals surface area contributed by atoms with Gasteiger partial charge in [-0.15, -0.1) is 0 Å². The summed E-state index contributed by atoms with van der Waals surface area (Å²) >= 11 is 3.17. The molecule has 3 heterocycles. The van der Waals surface area contributed by atoms with E-state index < -0.39 is 0 Å². The van der Waals surface area contributed by atoms with Gasteiger partial charge in [-0.2, -0.15) is 16.9 Å². The van der Waals surface area contributed by atoms with Gasteiger partial charge in [0, 0.05) is 0 Å². The molecule has 1 N–H and O–H groups in total. The Kier molecular flexibility index (Phi) is 4.11. The molecule has 0 radical (unpaired) electrons. The van der Waals surface area contributed by atoms with E-state index >= 15 is 0 Å². The van der Waals surface area contributed by atoms with Crippen molar-refractivity contribution in [2.75, 3.05) is 17.3 Å². The lowest BCUT2D eigenvalue weighted by Crippen LogP contribution is -2.18. The molecule has 0 aromatic carbocycles. The Labute approximate surface area is 123 Å². The van der Waals surface area contributed by atoms with E-state index in [1.165, 1.54) is 11.8 Å². The van der Waals surface area contributed by atoms with Gasteiger partial charge < -0.3 is 9.78 Å². The van der Waals surface area contributed by atoms with E-state index in [9.17, 15) is 9.59 Å². The van der Waals surface area contributed by atoms with Gasteiger partial charge >= 0.3 is 0 Å².